The van der Waals surface area contributed by atoms with Gasteiger partial charge in [-0.25, -0.2) is 0 Å². The third-order valence-electron chi connectivity index (χ3n) is 2.11. The number of hydrogen-bond acceptors (Lipinski definition) is 3. The van der Waals surface area contributed by atoms with Crippen LogP contribution in [-0.2, 0) is 4.79 Å². The summed E-state index contributed by atoms with van der Waals surface area (Å²) < 4.78 is 5.55. The van der Waals surface area contributed by atoms with Crippen LogP contribution >= 0.6 is 0 Å². The van der Waals surface area contributed by atoms with E-state index in [9.17, 15) is 4.79 Å². The predicted octanol–water partition coefficient (Wildman–Crippen LogP) is 1.38. The van der Waals surface area contributed by atoms with Crippen molar-refractivity contribution < 1.29 is 9.53 Å². The van der Waals surface area contributed by atoms with E-state index in [1.165, 1.54) is 0 Å². The van der Waals surface area contributed by atoms with Crippen molar-refractivity contribution in [2.75, 3.05) is 11.1 Å². The molecule has 3 N–H and O–H groups in total. The fourth-order valence-electron chi connectivity index (χ4n) is 1.49. The molecule has 1 unspecified atom stereocenters. The van der Waals surface area contributed by atoms with Gasteiger partial charge in [0.25, 0.3) is 0 Å². The fourth-order valence-corrected chi connectivity index (χ4v) is 1.49. The standard InChI is InChI=1S/C10H12N2O2/c1-6-5-9(13)12-8-4-2-3-7(11)10(8)14-6/h2-4,6H,5,11H2,1H3,(H,12,13). The molecule has 0 aromatic heterocycles. The molecule has 4 nitrogen and oxygen atoms in total. The van der Waals surface area contributed by atoms with E-state index in [0.717, 1.165) is 0 Å². The van der Waals surface area contributed by atoms with Crippen LogP contribution in [-0.4, -0.2) is 12.0 Å². The van der Waals surface area contributed by atoms with Gasteiger partial charge < -0.3 is 15.8 Å². The third kappa shape index (κ3) is 1.51. The summed E-state index contributed by atoms with van der Waals surface area (Å²) in [5.41, 5.74) is 6.95. The van der Waals surface area contributed by atoms with Crippen molar-refractivity contribution in [3.05, 3.63) is 18.2 Å². The monoisotopic (exact) mass is 192 g/mol. The Morgan fingerprint density at radius 3 is 3.14 bits per heavy atom. The van der Waals surface area contributed by atoms with E-state index < -0.39 is 0 Å². The smallest absolute Gasteiger partial charge is 0.228 e. The number of nitrogens with one attached hydrogen (secondary N) is 1. The minimum absolute atomic E-state index is 0.0400. The number of ether oxygens (including phenoxy) is 1. The Morgan fingerprint density at radius 2 is 2.36 bits per heavy atom. The second-order valence-electron chi connectivity index (χ2n) is 3.40. The summed E-state index contributed by atoms with van der Waals surface area (Å²) in [5.74, 6) is 0.535. The maximum Gasteiger partial charge on any atom is 0.228 e. The van der Waals surface area contributed by atoms with Gasteiger partial charge in [-0.2, -0.15) is 0 Å². The van der Waals surface area contributed by atoms with Crippen LogP contribution in [0, 0.1) is 0 Å². The van der Waals surface area contributed by atoms with E-state index in [1.54, 1.807) is 18.2 Å². The first-order chi connectivity index (χ1) is 6.66. The first-order valence-electron chi connectivity index (χ1n) is 4.52. The lowest BCUT2D eigenvalue weighted by Crippen LogP contribution is -2.17. The lowest BCUT2D eigenvalue weighted by molar-refractivity contribution is -0.117. The van der Waals surface area contributed by atoms with E-state index in [4.69, 9.17) is 10.5 Å². The Kier molecular flexibility index (Phi) is 2.04. The van der Waals surface area contributed by atoms with Crippen LogP contribution in [0.5, 0.6) is 5.75 Å². The van der Waals surface area contributed by atoms with Gasteiger partial charge in [0, 0.05) is 0 Å². The molecular formula is C10H12N2O2. The number of benzene rings is 1. The number of fused-ring (bicyclic) bond motifs is 1. The van der Waals surface area contributed by atoms with Crippen LogP contribution in [0.4, 0.5) is 11.4 Å². The Hall–Kier alpha value is -1.71. The topological polar surface area (TPSA) is 64.4 Å². The summed E-state index contributed by atoms with van der Waals surface area (Å²) in [7, 11) is 0. The average molecular weight is 192 g/mol. The van der Waals surface area contributed by atoms with Gasteiger partial charge in [0.1, 0.15) is 6.10 Å². The zero-order valence-corrected chi connectivity index (χ0v) is 7.91. The molecule has 0 spiro atoms. The molecule has 0 aliphatic carbocycles. The molecule has 0 saturated heterocycles. The van der Waals surface area contributed by atoms with Crippen LogP contribution in [0.25, 0.3) is 0 Å². The molecule has 1 aliphatic heterocycles. The van der Waals surface area contributed by atoms with E-state index >= 15 is 0 Å². The first-order valence-corrected chi connectivity index (χ1v) is 4.52. The van der Waals surface area contributed by atoms with Crippen molar-refractivity contribution in [2.24, 2.45) is 0 Å². The van der Waals surface area contributed by atoms with Gasteiger partial charge in [0.15, 0.2) is 5.75 Å². The zero-order chi connectivity index (χ0) is 10.1. The number of nitrogen functional groups attached to an aromatic ring is 1. The van der Waals surface area contributed by atoms with Gasteiger partial charge in [-0.1, -0.05) is 6.07 Å². The molecule has 74 valence electrons. The maximum atomic E-state index is 11.3. The minimum atomic E-state index is -0.138. The van der Waals surface area contributed by atoms with Gasteiger partial charge in [0.05, 0.1) is 17.8 Å². The molecular weight excluding hydrogens is 180 g/mol. The highest BCUT2D eigenvalue weighted by Gasteiger charge is 2.20. The van der Waals surface area contributed by atoms with Crippen molar-refractivity contribution in [1.82, 2.24) is 0 Å². The molecule has 0 fully saturated rings. The maximum absolute atomic E-state index is 11.3. The van der Waals surface area contributed by atoms with Crippen molar-refractivity contribution in [3.8, 4) is 5.75 Å². The molecule has 2 rings (SSSR count). The third-order valence-corrected chi connectivity index (χ3v) is 2.11. The molecule has 0 saturated carbocycles. The molecule has 1 aromatic carbocycles. The van der Waals surface area contributed by atoms with Crippen LogP contribution in [0.2, 0.25) is 0 Å². The summed E-state index contributed by atoms with van der Waals surface area (Å²) in [6.07, 6.45) is 0.217. The Balaban J connectivity index is 2.46. The van der Waals surface area contributed by atoms with Crippen molar-refractivity contribution in [2.45, 2.75) is 19.4 Å². The molecule has 1 heterocycles. The van der Waals surface area contributed by atoms with Crippen molar-refractivity contribution in [3.63, 3.8) is 0 Å². The van der Waals surface area contributed by atoms with Crippen LogP contribution in [0.1, 0.15) is 13.3 Å². The molecule has 14 heavy (non-hydrogen) atoms. The lowest BCUT2D eigenvalue weighted by Gasteiger charge is -2.12. The number of carbonyl (C=O) groups excluding carboxylic acids is 1. The van der Waals surface area contributed by atoms with Gasteiger partial charge in [0.2, 0.25) is 5.91 Å². The fraction of sp³-hybridized carbons (Fsp3) is 0.300. The summed E-state index contributed by atoms with van der Waals surface area (Å²) in [6.45, 7) is 1.85. The Labute approximate surface area is 82.1 Å². The van der Waals surface area contributed by atoms with Gasteiger partial charge in [-0.15, -0.1) is 0 Å². The number of carbonyl (C=O) groups is 1. The molecule has 1 amide bonds. The highest BCUT2D eigenvalue weighted by Crippen LogP contribution is 2.34. The second kappa shape index (κ2) is 3.21. The van der Waals surface area contributed by atoms with E-state index in [1.807, 2.05) is 6.92 Å². The van der Waals surface area contributed by atoms with E-state index in [0.29, 0.717) is 23.5 Å². The van der Waals surface area contributed by atoms with Crippen molar-refractivity contribution in [1.29, 1.82) is 0 Å². The number of nitrogens with two attached hydrogens (primary N) is 1. The average Bonchev–Trinajstić information content (AvgIpc) is 2.23. The second-order valence-corrected chi connectivity index (χ2v) is 3.40. The number of hydrogen-bond donors (Lipinski definition) is 2. The molecule has 1 aromatic rings. The molecule has 1 atom stereocenters. The van der Waals surface area contributed by atoms with E-state index in [-0.39, 0.29) is 12.0 Å². The molecule has 0 radical (unpaired) electrons. The van der Waals surface area contributed by atoms with E-state index in [2.05, 4.69) is 5.32 Å². The van der Waals surface area contributed by atoms with Gasteiger partial charge in [-0.3, -0.25) is 4.79 Å². The highest BCUT2D eigenvalue weighted by atomic mass is 16.5. The highest BCUT2D eigenvalue weighted by molar-refractivity contribution is 5.94. The number of anilines is 2. The quantitative estimate of drug-likeness (QED) is 0.610. The molecule has 1 aliphatic rings. The molecule has 0 bridgehead atoms. The summed E-state index contributed by atoms with van der Waals surface area (Å²) >= 11 is 0. The van der Waals surface area contributed by atoms with Crippen molar-refractivity contribution >= 4 is 17.3 Å². The predicted molar refractivity (Wildman–Crippen MR) is 54.2 cm³/mol. The normalized spacial score (nSPS) is 20.4. The Morgan fingerprint density at radius 1 is 1.57 bits per heavy atom. The number of para-hydroxylation sites is 1. The Bertz CT molecular complexity index is 376. The summed E-state index contributed by atoms with van der Waals surface area (Å²) in [5, 5.41) is 2.75. The first kappa shape index (κ1) is 8.87. The van der Waals surface area contributed by atoms with Gasteiger partial charge in [-0.05, 0) is 19.1 Å². The largest absolute Gasteiger partial charge is 0.486 e. The lowest BCUT2D eigenvalue weighted by atomic mass is 10.2. The summed E-state index contributed by atoms with van der Waals surface area (Å²) in [6, 6.07) is 5.32. The van der Waals surface area contributed by atoms with Crippen LogP contribution < -0.4 is 15.8 Å². The number of rotatable bonds is 0. The van der Waals surface area contributed by atoms with Gasteiger partial charge >= 0.3 is 0 Å². The number of amides is 1. The minimum Gasteiger partial charge on any atom is -0.486 e. The zero-order valence-electron chi connectivity index (χ0n) is 7.91. The van der Waals surface area contributed by atoms with Crippen LogP contribution in [0.15, 0.2) is 18.2 Å². The molecule has 4 heteroatoms. The summed E-state index contributed by atoms with van der Waals surface area (Å²) in [4.78, 5) is 11.3. The SMILES string of the molecule is CC1CC(=O)Nc2cccc(N)c2O1. The van der Waals surface area contributed by atoms with Crippen LogP contribution in [0.3, 0.4) is 0 Å².